The van der Waals surface area contributed by atoms with Gasteiger partial charge in [0.1, 0.15) is 25.4 Å². The topological polar surface area (TPSA) is 133 Å². The number of hydrogen-bond donors (Lipinski definition) is 0. The Labute approximate surface area is 225 Å². The average molecular weight is 543 g/mol. The molecule has 5 unspecified atom stereocenters. The fourth-order valence-corrected chi connectivity index (χ4v) is 2.12. The van der Waals surface area contributed by atoms with Crippen LogP contribution in [-0.2, 0) is 52.3 Å². The Bertz CT molecular complexity index is 762. The van der Waals surface area contributed by atoms with Gasteiger partial charge in [0.15, 0.2) is 0 Å². The third kappa shape index (κ3) is 23.1. The molecule has 0 heterocycles. The van der Waals surface area contributed by atoms with Crippen molar-refractivity contribution in [1.29, 1.82) is 0 Å². The Balaban J connectivity index is 0. The molecule has 0 saturated carbocycles. The summed E-state index contributed by atoms with van der Waals surface area (Å²) in [6.07, 6.45) is 2.96. The van der Waals surface area contributed by atoms with Crippen molar-refractivity contribution in [3.63, 3.8) is 0 Å². The van der Waals surface area contributed by atoms with Crippen LogP contribution in [0.3, 0.4) is 0 Å². The van der Waals surface area contributed by atoms with E-state index in [2.05, 4.69) is 26.3 Å². The molecule has 5 atom stereocenters. The van der Waals surface area contributed by atoms with E-state index in [-0.39, 0.29) is 56.9 Å². The van der Waals surface area contributed by atoms with E-state index in [0.717, 1.165) is 24.3 Å². The van der Waals surface area contributed by atoms with Gasteiger partial charge < -0.3 is 33.2 Å². The average Bonchev–Trinajstić information content (AvgIpc) is 2.90. The van der Waals surface area contributed by atoms with Gasteiger partial charge in [-0.05, 0) is 34.6 Å². The van der Waals surface area contributed by atoms with Crippen LogP contribution in [0.15, 0.2) is 50.6 Å². The van der Waals surface area contributed by atoms with E-state index in [0.29, 0.717) is 6.61 Å². The SMILES string of the molecule is C=CC(=O)OCC(C)OCC(C)OC(=O)C=C.C=CC(=O)OCC(C)OCC(C)OCC(C)OC(=O)C=C. The second kappa shape index (κ2) is 22.9. The predicted molar refractivity (Wildman–Crippen MR) is 140 cm³/mol. The minimum Gasteiger partial charge on any atom is -0.460 e. The molecule has 38 heavy (non-hydrogen) atoms. The molecule has 0 fully saturated rings. The molecule has 0 aliphatic carbocycles. The molecule has 0 amide bonds. The van der Waals surface area contributed by atoms with E-state index in [4.69, 9.17) is 33.2 Å². The monoisotopic (exact) mass is 542 g/mol. The standard InChI is InChI=1S/C15H24O6.C12H18O5/c1-6-14(16)20-9-12(4)18-8-11(3)19-10-13(5)21-15(17)7-2;1-5-11(13)16-7-9(3)15-8-10(4)17-12(14)6-2/h6-7,11-13H,1-2,8-10H2,3-5H3;5-6,9-10H,1-2,7-8H2,3-4H3. The molecule has 11 heteroatoms. The van der Waals surface area contributed by atoms with Gasteiger partial charge in [0.2, 0.25) is 0 Å². The van der Waals surface area contributed by atoms with Crippen LogP contribution >= 0.6 is 0 Å². The van der Waals surface area contributed by atoms with Crippen molar-refractivity contribution in [2.24, 2.45) is 0 Å². The highest BCUT2D eigenvalue weighted by Gasteiger charge is 2.13. The van der Waals surface area contributed by atoms with Crippen molar-refractivity contribution in [3.8, 4) is 0 Å². The summed E-state index contributed by atoms with van der Waals surface area (Å²) >= 11 is 0. The van der Waals surface area contributed by atoms with Gasteiger partial charge in [-0.1, -0.05) is 26.3 Å². The van der Waals surface area contributed by atoms with Gasteiger partial charge in [0.25, 0.3) is 0 Å². The van der Waals surface area contributed by atoms with E-state index < -0.39 is 23.9 Å². The fourth-order valence-electron chi connectivity index (χ4n) is 2.12. The fraction of sp³-hybridized carbons (Fsp3) is 0.556. The molecule has 0 radical (unpaired) electrons. The van der Waals surface area contributed by atoms with Crippen LogP contribution in [0.1, 0.15) is 34.6 Å². The van der Waals surface area contributed by atoms with E-state index in [9.17, 15) is 19.2 Å². The summed E-state index contributed by atoms with van der Waals surface area (Å²) in [6.45, 7) is 23.1. The van der Waals surface area contributed by atoms with Crippen LogP contribution in [0.2, 0.25) is 0 Å². The molecule has 0 spiro atoms. The van der Waals surface area contributed by atoms with Crippen molar-refractivity contribution in [3.05, 3.63) is 50.6 Å². The van der Waals surface area contributed by atoms with Crippen LogP contribution in [0.25, 0.3) is 0 Å². The number of carbonyl (C=O) groups is 4. The number of rotatable bonds is 19. The quantitative estimate of drug-likeness (QED) is 0.136. The predicted octanol–water partition coefficient (Wildman–Crippen LogP) is 2.88. The first kappa shape index (κ1) is 36.9. The lowest BCUT2D eigenvalue weighted by Gasteiger charge is -2.19. The molecule has 216 valence electrons. The van der Waals surface area contributed by atoms with E-state index in [1.165, 1.54) is 0 Å². The van der Waals surface area contributed by atoms with Crippen molar-refractivity contribution >= 4 is 23.9 Å². The van der Waals surface area contributed by atoms with Crippen molar-refractivity contribution in [2.75, 3.05) is 33.0 Å². The smallest absolute Gasteiger partial charge is 0.330 e. The maximum absolute atomic E-state index is 11.0. The second-order valence-electron chi connectivity index (χ2n) is 8.00. The highest BCUT2D eigenvalue weighted by atomic mass is 16.6. The Hall–Kier alpha value is -3.28. The summed E-state index contributed by atoms with van der Waals surface area (Å²) in [5.41, 5.74) is 0. The normalized spacial score (nSPS) is 14.0. The minimum atomic E-state index is -0.494. The lowest BCUT2D eigenvalue weighted by molar-refractivity contribution is -0.149. The lowest BCUT2D eigenvalue weighted by Crippen LogP contribution is -2.27. The molecule has 0 aliphatic heterocycles. The largest absolute Gasteiger partial charge is 0.460 e. The van der Waals surface area contributed by atoms with Gasteiger partial charge in [-0.3, -0.25) is 0 Å². The zero-order chi connectivity index (χ0) is 29.5. The van der Waals surface area contributed by atoms with E-state index in [1.54, 1.807) is 27.7 Å². The zero-order valence-electron chi connectivity index (χ0n) is 23.1. The van der Waals surface area contributed by atoms with Gasteiger partial charge in [-0.25, -0.2) is 19.2 Å². The second-order valence-corrected chi connectivity index (χ2v) is 8.00. The van der Waals surface area contributed by atoms with Crippen LogP contribution in [0.4, 0.5) is 0 Å². The molecule has 0 bridgehead atoms. The Morgan fingerprint density at radius 2 is 0.737 bits per heavy atom. The van der Waals surface area contributed by atoms with Gasteiger partial charge in [0, 0.05) is 24.3 Å². The van der Waals surface area contributed by atoms with Crippen molar-refractivity contribution in [1.82, 2.24) is 0 Å². The Kier molecular flexibility index (Phi) is 22.2. The first-order chi connectivity index (χ1) is 17.9. The maximum atomic E-state index is 11.0. The third-order valence-electron chi connectivity index (χ3n) is 4.07. The molecular weight excluding hydrogens is 500 g/mol. The number of ether oxygens (including phenoxy) is 7. The zero-order valence-corrected chi connectivity index (χ0v) is 23.1. The molecule has 0 aromatic rings. The van der Waals surface area contributed by atoms with Crippen LogP contribution in [-0.4, -0.2) is 87.4 Å². The number of hydrogen-bond acceptors (Lipinski definition) is 11. The van der Waals surface area contributed by atoms with Gasteiger partial charge >= 0.3 is 23.9 Å². The molecule has 11 nitrogen and oxygen atoms in total. The number of carbonyl (C=O) groups excluding carboxylic acids is 4. The Morgan fingerprint density at radius 3 is 1.03 bits per heavy atom. The molecule has 0 aromatic heterocycles. The van der Waals surface area contributed by atoms with Crippen molar-refractivity contribution < 1.29 is 52.3 Å². The maximum Gasteiger partial charge on any atom is 0.330 e. The summed E-state index contributed by atoms with van der Waals surface area (Å²) in [7, 11) is 0. The highest BCUT2D eigenvalue weighted by molar-refractivity contribution is 5.82. The molecule has 0 aromatic carbocycles. The molecule has 0 N–H and O–H groups in total. The summed E-state index contributed by atoms with van der Waals surface area (Å²) in [5.74, 6) is -1.95. The summed E-state index contributed by atoms with van der Waals surface area (Å²) in [6, 6.07) is 0. The highest BCUT2D eigenvalue weighted by Crippen LogP contribution is 2.02. The van der Waals surface area contributed by atoms with Crippen LogP contribution in [0, 0.1) is 0 Å². The third-order valence-corrected chi connectivity index (χ3v) is 4.07. The molecular formula is C27H42O11. The van der Waals surface area contributed by atoms with Gasteiger partial charge in [-0.2, -0.15) is 0 Å². The van der Waals surface area contributed by atoms with Gasteiger partial charge in [0.05, 0.1) is 38.1 Å². The number of esters is 4. The van der Waals surface area contributed by atoms with E-state index in [1.807, 2.05) is 6.92 Å². The Morgan fingerprint density at radius 1 is 0.474 bits per heavy atom. The molecule has 0 aliphatic rings. The summed E-state index contributed by atoms with van der Waals surface area (Å²) in [4.78, 5) is 43.4. The minimum absolute atomic E-state index is 0.132. The van der Waals surface area contributed by atoms with Crippen LogP contribution in [0.5, 0.6) is 0 Å². The molecule has 0 rings (SSSR count). The summed E-state index contributed by atoms with van der Waals surface area (Å²) < 4.78 is 35.8. The van der Waals surface area contributed by atoms with Gasteiger partial charge in [-0.15, -0.1) is 0 Å². The lowest BCUT2D eigenvalue weighted by atomic mass is 10.4. The van der Waals surface area contributed by atoms with Crippen molar-refractivity contribution in [2.45, 2.75) is 65.1 Å². The summed E-state index contributed by atoms with van der Waals surface area (Å²) in [5, 5.41) is 0. The first-order valence-electron chi connectivity index (χ1n) is 12.0. The molecule has 0 saturated heterocycles. The van der Waals surface area contributed by atoms with Crippen LogP contribution < -0.4 is 0 Å². The van der Waals surface area contributed by atoms with E-state index >= 15 is 0 Å². The first-order valence-corrected chi connectivity index (χ1v) is 12.0.